The fourth-order valence-electron chi connectivity index (χ4n) is 1.57. The van der Waals surface area contributed by atoms with Gasteiger partial charge < -0.3 is 9.73 Å². The predicted octanol–water partition coefficient (Wildman–Crippen LogP) is 0.699. The summed E-state index contributed by atoms with van der Waals surface area (Å²) in [6.45, 7) is 7.63. The second-order valence-corrected chi connectivity index (χ2v) is 4.00. The summed E-state index contributed by atoms with van der Waals surface area (Å²) in [5, 5.41) is 6.63. The highest BCUT2D eigenvalue weighted by Gasteiger charge is 2.10. The Morgan fingerprint density at radius 3 is 3.00 bits per heavy atom. The highest BCUT2D eigenvalue weighted by Crippen LogP contribution is 2.16. The van der Waals surface area contributed by atoms with Crippen molar-refractivity contribution in [3.63, 3.8) is 0 Å². The number of benzene rings is 1. The fourth-order valence-corrected chi connectivity index (χ4v) is 1.57. The number of hydrogen-bond acceptors (Lipinski definition) is 4. The number of carbonyl (C=O) groups excluding carboxylic acids is 1. The largest absolute Gasteiger partial charge is 0.437 e. The second kappa shape index (κ2) is 5.51. The van der Waals surface area contributed by atoms with Crippen LogP contribution in [0.1, 0.15) is 12.5 Å². The van der Waals surface area contributed by atoms with Crippen molar-refractivity contribution < 1.29 is 9.21 Å². The van der Waals surface area contributed by atoms with Gasteiger partial charge in [0, 0.05) is 19.0 Å². The number of amides is 1. The normalized spacial score (nSPS) is 10.4. The molecule has 2 aromatic rings. The number of hydrogen-bond donors (Lipinski definition) is 1. The average Bonchev–Trinajstić information content (AvgIpc) is 2.71. The van der Waals surface area contributed by atoms with Crippen molar-refractivity contribution in [3.05, 3.63) is 47.3 Å². The van der Waals surface area contributed by atoms with Crippen molar-refractivity contribution in [1.82, 2.24) is 15.1 Å². The summed E-state index contributed by atoms with van der Waals surface area (Å²) in [6.07, 6.45) is 0. The maximum absolute atomic E-state index is 11.6. The minimum atomic E-state index is -0.567. The Morgan fingerprint density at radius 2 is 2.32 bits per heavy atom. The van der Waals surface area contributed by atoms with Crippen LogP contribution in [-0.2, 0) is 11.3 Å². The van der Waals surface area contributed by atoms with Gasteiger partial charge in [-0.1, -0.05) is 12.1 Å². The van der Waals surface area contributed by atoms with Crippen LogP contribution in [0, 0.1) is 6.92 Å². The SMILES string of the molecule is [CH]c1cccc(-c2nn(CCNC(C)=O)c(=O)o2)c1. The zero-order valence-electron chi connectivity index (χ0n) is 10.4. The van der Waals surface area contributed by atoms with E-state index in [1.165, 1.54) is 6.92 Å². The van der Waals surface area contributed by atoms with Gasteiger partial charge in [0.05, 0.1) is 6.54 Å². The van der Waals surface area contributed by atoms with Crippen molar-refractivity contribution in [3.8, 4) is 11.5 Å². The minimum absolute atomic E-state index is 0.160. The van der Waals surface area contributed by atoms with Crippen LogP contribution >= 0.6 is 0 Å². The van der Waals surface area contributed by atoms with Gasteiger partial charge >= 0.3 is 5.76 Å². The van der Waals surface area contributed by atoms with E-state index in [4.69, 9.17) is 11.3 Å². The van der Waals surface area contributed by atoms with Gasteiger partial charge in [0.25, 0.3) is 0 Å². The Morgan fingerprint density at radius 1 is 1.53 bits per heavy atom. The first-order valence-corrected chi connectivity index (χ1v) is 5.74. The lowest BCUT2D eigenvalue weighted by atomic mass is 10.1. The molecule has 0 atom stereocenters. The number of carbonyl (C=O) groups is 1. The van der Waals surface area contributed by atoms with E-state index >= 15 is 0 Å². The maximum atomic E-state index is 11.6. The van der Waals surface area contributed by atoms with Crippen molar-refractivity contribution in [2.75, 3.05) is 6.54 Å². The van der Waals surface area contributed by atoms with Gasteiger partial charge in [-0.25, -0.2) is 4.79 Å². The van der Waals surface area contributed by atoms with E-state index in [9.17, 15) is 9.59 Å². The molecule has 0 saturated heterocycles. The number of nitrogens with one attached hydrogen (secondary N) is 1. The lowest BCUT2D eigenvalue weighted by molar-refractivity contribution is -0.119. The van der Waals surface area contributed by atoms with Crippen LogP contribution < -0.4 is 11.1 Å². The quantitative estimate of drug-likeness (QED) is 0.876. The summed E-state index contributed by atoms with van der Waals surface area (Å²) < 4.78 is 6.20. The monoisotopic (exact) mass is 259 g/mol. The Labute approximate surface area is 110 Å². The molecular formula is C13H13N3O3. The molecule has 0 bridgehead atoms. The van der Waals surface area contributed by atoms with Crippen LogP contribution in [-0.4, -0.2) is 22.2 Å². The number of rotatable bonds is 4. The fraction of sp³-hybridized carbons (Fsp3) is 0.231. The molecule has 2 rings (SSSR count). The first kappa shape index (κ1) is 13.1. The standard InChI is InChI=1S/C13H13N3O3/c1-9-4-3-5-11(8-9)12-15-16(13(18)19-12)7-6-14-10(2)17/h1,3-5,8H,6-7H2,2H3,(H,14,17). The van der Waals surface area contributed by atoms with E-state index in [2.05, 4.69) is 10.4 Å². The lowest BCUT2D eigenvalue weighted by Gasteiger charge is -1.99. The van der Waals surface area contributed by atoms with E-state index in [1.54, 1.807) is 24.3 Å². The van der Waals surface area contributed by atoms with Gasteiger partial charge in [0.15, 0.2) is 0 Å². The third-order valence-electron chi connectivity index (χ3n) is 2.44. The first-order valence-electron chi connectivity index (χ1n) is 5.74. The van der Waals surface area contributed by atoms with Gasteiger partial charge in [-0.05, 0) is 24.6 Å². The van der Waals surface area contributed by atoms with Gasteiger partial charge in [0.1, 0.15) is 0 Å². The second-order valence-electron chi connectivity index (χ2n) is 4.00. The molecule has 0 aliphatic heterocycles. The highest BCUT2D eigenvalue weighted by atomic mass is 16.4. The summed E-state index contributed by atoms with van der Waals surface area (Å²) >= 11 is 0. The number of nitrogens with zero attached hydrogens (tertiary/aromatic N) is 2. The zero-order valence-corrected chi connectivity index (χ0v) is 10.4. The summed E-state index contributed by atoms with van der Waals surface area (Å²) in [7, 11) is 0. The third kappa shape index (κ3) is 3.31. The van der Waals surface area contributed by atoms with Gasteiger partial charge in [-0.2, -0.15) is 4.68 Å². The highest BCUT2D eigenvalue weighted by molar-refractivity contribution is 5.72. The third-order valence-corrected chi connectivity index (χ3v) is 2.44. The topological polar surface area (TPSA) is 77.1 Å². The van der Waals surface area contributed by atoms with Crippen molar-refractivity contribution in [1.29, 1.82) is 0 Å². The van der Waals surface area contributed by atoms with Crippen LogP contribution in [0.25, 0.3) is 11.5 Å². The van der Waals surface area contributed by atoms with Crippen LogP contribution in [0.5, 0.6) is 0 Å². The van der Waals surface area contributed by atoms with Gasteiger partial charge in [-0.15, -0.1) is 5.10 Å². The molecule has 19 heavy (non-hydrogen) atoms. The van der Waals surface area contributed by atoms with E-state index in [-0.39, 0.29) is 18.3 Å². The lowest BCUT2D eigenvalue weighted by Crippen LogP contribution is -2.28. The zero-order chi connectivity index (χ0) is 13.8. The molecule has 6 nitrogen and oxygen atoms in total. The molecule has 0 saturated carbocycles. The minimum Gasteiger partial charge on any atom is -0.388 e. The smallest absolute Gasteiger partial charge is 0.388 e. The molecule has 1 N–H and O–H groups in total. The molecule has 0 unspecified atom stereocenters. The average molecular weight is 259 g/mol. The molecular weight excluding hydrogens is 246 g/mol. The van der Waals surface area contributed by atoms with E-state index in [0.717, 1.165) is 4.68 Å². The maximum Gasteiger partial charge on any atom is 0.437 e. The molecule has 0 spiro atoms. The van der Waals surface area contributed by atoms with Crippen LogP contribution in [0.3, 0.4) is 0 Å². The summed E-state index contributed by atoms with van der Waals surface area (Å²) in [5.41, 5.74) is 1.20. The van der Waals surface area contributed by atoms with E-state index in [0.29, 0.717) is 17.7 Å². The van der Waals surface area contributed by atoms with Gasteiger partial charge in [-0.3, -0.25) is 4.79 Å². The Balaban J connectivity index is 2.17. The summed E-state index contributed by atoms with van der Waals surface area (Å²) in [6, 6.07) is 6.90. The van der Waals surface area contributed by atoms with E-state index < -0.39 is 5.76 Å². The molecule has 0 fully saturated rings. The predicted molar refractivity (Wildman–Crippen MR) is 68.3 cm³/mol. The molecule has 1 heterocycles. The van der Waals surface area contributed by atoms with Crippen LogP contribution in [0.4, 0.5) is 0 Å². The van der Waals surface area contributed by atoms with Crippen molar-refractivity contribution >= 4 is 5.91 Å². The summed E-state index contributed by atoms with van der Waals surface area (Å²) in [4.78, 5) is 22.3. The molecule has 1 aromatic heterocycles. The molecule has 0 aliphatic carbocycles. The molecule has 2 radical (unpaired) electrons. The Kier molecular flexibility index (Phi) is 3.79. The van der Waals surface area contributed by atoms with E-state index in [1.807, 2.05) is 0 Å². The van der Waals surface area contributed by atoms with Crippen LogP contribution in [0.15, 0.2) is 33.5 Å². The van der Waals surface area contributed by atoms with Crippen molar-refractivity contribution in [2.45, 2.75) is 13.5 Å². The molecule has 98 valence electrons. The Bertz CT molecular complexity index is 643. The first-order chi connectivity index (χ1) is 9.06. The molecule has 1 amide bonds. The van der Waals surface area contributed by atoms with Crippen molar-refractivity contribution in [2.24, 2.45) is 0 Å². The van der Waals surface area contributed by atoms with Gasteiger partial charge in [0.2, 0.25) is 11.8 Å². The molecule has 1 aromatic carbocycles. The number of aromatic nitrogens is 2. The summed E-state index contributed by atoms with van der Waals surface area (Å²) in [5.74, 6) is -0.518. The Hall–Kier alpha value is -2.37. The molecule has 0 aliphatic rings. The molecule has 6 heteroatoms. The van der Waals surface area contributed by atoms with Crippen LogP contribution in [0.2, 0.25) is 0 Å².